The zero-order chi connectivity index (χ0) is 14.2. The lowest BCUT2D eigenvalue weighted by Gasteiger charge is -2.22. The van der Waals surface area contributed by atoms with E-state index in [1.807, 2.05) is 57.2 Å². The number of rotatable bonds is 3. The second-order valence-electron chi connectivity index (χ2n) is 5.49. The average molecular weight is 276 g/mol. The molecule has 0 amide bonds. The predicted octanol–water partition coefficient (Wildman–Crippen LogP) is 2.98. The number of fused-ring (bicyclic) bond motifs is 1. The van der Waals surface area contributed by atoms with Gasteiger partial charge in [-0.05, 0) is 32.4 Å². The van der Waals surface area contributed by atoms with Gasteiger partial charge in [0.25, 0.3) is 0 Å². The summed E-state index contributed by atoms with van der Waals surface area (Å²) in [5, 5.41) is 0. The summed E-state index contributed by atoms with van der Waals surface area (Å²) in [6.07, 6.45) is 1.11. The van der Waals surface area contributed by atoms with Crippen LogP contribution >= 0.6 is 0 Å². The van der Waals surface area contributed by atoms with E-state index in [0.717, 1.165) is 11.3 Å². The zero-order valence-electron chi connectivity index (χ0n) is 12.0. The smallest absolute Gasteiger partial charge is 0.231 e. The van der Waals surface area contributed by atoms with Crippen molar-refractivity contribution < 1.29 is 18.9 Å². The molecule has 2 aliphatic heterocycles. The largest absolute Gasteiger partial charge is 0.464 e. The highest BCUT2D eigenvalue weighted by Crippen LogP contribution is 2.40. The third-order valence-electron chi connectivity index (χ3n) is 3.48. The fourth-order valence-electron chi connectivity index (χ4n) is 2.59. The van der Waals surface area contributed by atoms with Crippen LogP contribution in [0.5, 0.6) is 0 Å². The first-order valence-electron chi connectivity index (χ1n) is 6.93. The Morgan fingerprint density at radius 3 is 2.65 bits per heavy atom. The topological polar surface area (TPSA) is 36.9 Å². The van der Waals surface area contributed by atoms with E-state index in [1.165, 1.54) is 0 Å². The average Bonchev–Trinajstić information content (AvgIpc) is 2.89. The minimum Gasteiger partial charge on any atom is -0.464 e. The summed E-state index contributed by atoms with van der Waals surface area (Å²) in [4.78, 5) is 0. The van der Waals surface area contributed by atoms with Crippen molar-refractivity contribution in [2.24, 2.45) is 0 Å². The number of hydrogen-bond acceptors (Lipinski definition) is 4. The number of hydrogen-bond donors (Lipinski definition) is 0. The second kappa shape index (κ2) is 5.20. The molecule has 0 saturated carbocycles. The first kappa shape index (κ1) is 13.6. The highest BCUT2D eigenvalue weighted by atomic mass is 16.8. The van der Waals surface area contributed by atoms with Gasteiger partial charge in [0.2, 0.25) is 6.29 Å². The van der Waals surface area contributed by atoms with Crippen LogP contribution in [0.4, 0.5) is 0 Å². The number of benzene rings is 1. The van der Waals surface area contributed by atoms with Gasteiger partial charge >= 0.3 is 0 Å². The van der Waals surface area contributed by atoms with Crippen LogP contribution in [0.1, 0.15) is 26.3 Å². The van der Waals surface area contributed by atoms with Crippen LogP contribution < -0.4 is 0 Å². The van der Waals surface area contributed by atoms with Gasteiger partial charge in [-0.2, -0.15) is 0 Å². The van der Waals surface area contributed by atoms with Gasteiger partial charge in [-0.25, -0.2) is 0 Å². The molecule has 3 atom stereocenters. The van der Waals surface area contributed by atoms with Gasteiger partial charge in [-0.15, -0.1) is 0 Å². The van der Waals surface area contributed by atoms with Gasteiger partial charge in [0.15, 0.2) is 11.9 Å². The third kappa shape index (κ3) is 2.59. The van der Waals surface area contributed by atoms with Crippen LogP contribution in [0.3, 0.4) is 0 Å². The summed E-state index contributed by atoms with van der Waals surface area (Å²) in [6, 6.07) is 10.1. The summed E-state index contributed by atoms with van der Waals surface area (Å²) in [7, 11) is 0. The molecule has 2 saturated heterocycles. The van der Waals surface area contributed by atoms with Crippen LogP contribution in [0, 0.1) is 0 Å². The van der Waals surface area contributed by atoms with E-state index in [2.05, 4.69) is 0 Å². The molecule has 0 radical (unpaired) electrons. The maximum atomic E-state index is 6.00. The lowest BCUT2D eigenvalue weighted by atomic mass is 10.2. The quantitative estimate of drug-likeness (QED) is 0.850. The summed E-state index contributed by atoms with van der Waals surface area (Å²) in [6.45, 7) is 6.23. The van der Waals surface area contributed by atoms with Gasteiger partial charge in [0.1, 0.15) is 11.9 Å². The molecule has 1 aromatic rings. The Balaban J connectivity index is 1.70. The summed E-state index contributed by atoms with van der Waals surface area (Å²) >= 11 is 0. The molecule has 0 aliphatic carbocycles. The fourth-order valence-corrected chi connectivity index (χ4v) is 2.59. The van der Waals surface area contributed by atoms with Crippen molar-refractivity contribution in [2.45, 2.75) is 51.7 Å². The van der Waals surface area contributed by atoms with Crippen molar-refractivity contribution in [2.75, 3.05) is 0 Å². The van der Waals surface area contributed by atoms with E-state index in [-0.39, 0.29) is 18.5 Å². The molecule has 2 aliphatic rings. The Morgan fingerprint density at radius 1 is 1.20 bits per heavy atom. The maximum absolute atomic E-state index is 6.00. The Morgan fingerprint density at radius 2 is 1.95 bits per heavy atom. The zero-order valence-corrected chi connectivity index (χ0v) is 12.0. The highest BCUT2D eigenvalue weighted by molar-refractivity contribution is 5.15. The third-order valence-corrected chi connectivity index (χ3v) is 3.48. The predicted molar refractivity (Wildman–Crippen MR) is 73.7 cm³/mol. The molecule has 4 nitrogen and oxygen atoms in total. The monoisotopic (exact) mass is 276 g/mol. The van der Waals surface area contributed by atoms with Gasteiger partial charge in [0, 0.05) is 0 Å². The lowest BCUT2D eigenvalue weighted by Crippen LogP contribution is -2.31. The lowest BCUT2D eigenvalue weighted by molar-refractivity contribution is -0.191. The molecule has 3 rings (SSSR count). The minimum absolute atomic E-state index is 0.208. The van der Waals surface area contributed by atoms with Gasteiger partial charge in [-0.1, -0.05) is 30.3 Å². The first-order chi connectivity index (χ1) is 9.59. The molecule has 0 spiro atoms. The van der Waals surface area contributed by atoms with E-state index >= 15 is 0 Å². The molecule has 0 aromatic heterocycles. The van der Waals surface area contributed by atoms with Gasteiger partial charge in [-0.3, -0.25) is 0 Å². The van der Waals surface area contributed by atoms with Gasteiger partial charge in [0.05, 0.1) is 6.61 Å². The molecule has 20 heavy (non-hydrogen) atoms. The van der Waals surface area contributed by atoms with E-state index < -0.39 is 5.79 Å². The Labute approximate surface area is 119 Å². The molecule has 1 aromatic carbocycles. The van der Waals surface area contributed by atoms with Crippen molar-refractivity contribution in [3.8, 4) is 0 Å². The summed E-state index contributed by atoms with van der Waals surface area (Å²) in [5.74, 6) is 0.162. The van der Waals surface area contributed by atoms with E-state index in [4.69, 9.17) is 18.9 Å². The first-order valence-corrected chi connectivity index (χ1v) is 6.93. The van der Waals surface area contributed by atoms with Crippen LogP contribution in [-0.4, -0.2) is 24.3 Å². The van der Waals surface area contributed by atoms with Crippen molar-refractivity contribution in [3.63, 3.8) is 0 Å². The Bertz CT molecular complexity index is 494. The van der Waals surface area contributed by atoms with Crippen molar-refractivity contribution in [1.82, 2.24) is 0 Å². The number of ether oxygens (including phenoxy) is 4. The Kier molecular flexibility index (Phi) is 3.54. The van der Waals surface area contributed by atoms with E-state index in [0.29, 0.717) is 6.61 Å². The fraction of sp³-hybridized carbons (Fsp3) is 0.500. The summed E-state index contributed by atoms with van der Waals surface area (Å²) < 4.78 is 23.4. The van der Waals surface area contributed by atoms with Crippen molar-refractivity contribution in [3.05, 3.63) is 47.7 Å². The Hall–Kier alpha value is -1.36. The molecule has 0 bridgehead atoms. The number of allylic oxidation sites excluding steroid dienone is 1. The minimum atomic E-state index is -0.622. The maximum Gasteiger partial charge on any atom is 0.231 e. The highest BCUT2D eigenvalue weighted by Gasteiger charge is 2.53. The SMILES string of the molecule is C/C=C1\O[C@@H]2OC(C)(C)O[C@@H]2[C@H]1OCc1ccccc1. The molecule has 4 heteroatoms. The molecular weight excluding hydrogens is 256 g/mol. The van der Waals surface area contributed by atoms with Crippen LogP contribution in [0.15, 0.2) is 42.2 Å². The van der Waals surface area contributed by atoms with E-state index in [9.17, 15) is 0 Å². The molecule has 0 N–H and O–H groups in total. The molecule has 108 valence electrons. The van der Waals surface area contributed by atoms with Crippen LogP contribution in [0.25, 0.3) is 0 Å². The molecule has 2 heterocycles. The summed E-state index contributed by atoms with van der Waals surface area (Å²) in [5.41, 5.74) is 1.13. The van der Waals surface area contributed by atoms with Crippen LogP contribution in [-0.2, 0) is 25.6 Å². The molecule has 2 fully saturated rings. The van der Waals surface area contributed by atoms with Crippen molar-refractivity contribution in [1.29, 1.82) is 0 Å². The van der Waals surface area contributed by atoms with E-state index in [1.54, 1.807) is 0 Å². The normalized spacial score (nSPS) is 33.1. The van der Waals surface area contributed by atoms with Gasteiger partial charge < -0.3 is 18.9 Å². The van der Waals surface area contributed by atoms with Crippen molar-refractivity contribution >= 4 is 0 Å². The van der Waals surface area contributed by atoms with Crippen LogP contribution in [0.2, 0.25) is 0 Å². The molecule has 0 unspecified atom stereocenters. The molecular formula is C16H20O4. The standard InChI is InChI=1S/C16H20O4/c1-4-12-13(17-10-11-8-6-5-7-9-11)14-15(18-12)20-16(2,3)19-14/h4-9,13-15H,10H2,1-3H3/b12-4-/t13-,14+,15+/m0/s1. The second-order valence-corrected chi connectivity index (χ2v) is 5.49.